The number of carbonyl (C=O) groups excluding carboxylic acids is 1. The van der Waals surface area contributed by atoms with Crippen molar-refractivity contribution >= 4 is 24.0 Å². The van der Waals surface area contributed by atoms with E-state index in [4.69, 9.17) is 0 Å². The lowest BCUT2D eigenvalue weighted by Gasteiger charge is -2.34. The first-order chi connectivity index (χ1) is 9.00. The van der Waals surface area contributed by atoms with Crippen LogP contribution in [0.4, 0.5) is 5.69 Å². The van der Waals surface area contributed by atoms with Crippen LogP contribution in [0.1, 0.15) is 23.0 Å². The van der Waals surface area contributed by atoms with Gasteiger partial charge in [-0.3, -0.25) is 19.9 Å². The second kappa shape index (κ2) is 6.62. The summed E-state index contributed by atoms with van der Waals surface area (Å²) in [4.78, 5) is 28.3. The Morgan fingerprint density at radius 1 is 1.60 bits per heavy atom. The maximum absolute atomic E-state index is 12.4. The van der Waals surface area contributed by atoms with Crippen LogP contribution in [0.5, 0.6) is 0 Å². The van der Waals surface area contributed by atoms with E-state index in [-0.39, 0.29) is 30.0 Å². The number of carbonyl (C=O) groups is 1. The third-order valence-corrected chi connectivity index (χ3v) is 3.28. The van der Waals surface area contributed by atoms with E-state index in [0.29, 0.717) is 17.8 Å². The number of hydrogen-bond acceptors (Lipinski definition) is 5. The zero-order chi connectivity index (χ0) is 14.0. The minimum absolute atomic E-state index is 0. The highest BCUT2D eigenvalue weighted by molar-refractivity contribution is 5.96. The van der Waals surface area contributed by atoms with E-state index >= 15 is 0 Å². The Bertz CT molecular complexity index is 523. The second-order valence-corrected chi connectivity index (χ2v) is 4.64. The molecule has 0 aromatic carbocycles. The lowest BCUT2D eigenvalue weighted by molar-refractivity contribution is -0.385. The normalized spacial score (nSPS) is 18.3. The van der Waals surface area contributed by atoms with Crippen molar-refractivity contribution in [1.82, 2.24) is 15.2 Å². The minimum Gasteiger partial charge on any atom is -0.333 e. The number of nitrogens with one attached hydrogen (secondary N) is 1. The number of aromatic nitrogens is 1. The van der Waals surface area contributed by atoms with Crippen molar-refractivity contribution in [2.75, 3.05) is 19.6 Å². The number of nitrogens with zero attached hydrogens (tertiary/aromatic N) is 3. The van der Waals surface area contributed by atoms with Crippen LogP contribution >= 0.6 is 12.4 Å². The average molecular weight is 301 g/mol. The molecular formula is C12H17ClN4O3. The Hall–Kier alpha value is -1.73. The molecule has 1 atom stereocenters. The molecule has 1 fully saturated rings. The molecule has 1 aliphatic heterocycles. The molecule has 2 heterocycles. The number of piperazine rings is 1. The summed E-state index contributed by atoms with van der Waals surface area (Å²) in [6.45, 7) is 5.70. The van der Waals surface area contributed by atoms with Gasteiger partial charge in [-0.05, 0) is 13.8 Å². The van der Waals surface area contributed by atoms with Gasteiger partial charge in [-0.15, -0.1) is 12.4 Å². The van der Waals surface area contributed by atoms with Gasteiger partial charge in [-0.25, -0.2) is 0 Å². The molecule has 8 heteroatoms. The summed E-state index contributed by atoms with van der Waals surface area (Å²) >= 11 is 0. The topological polar surface area (TPSA) is 88.4 Å². The fourth-order valence-corrected chi connectivity index (χ4v) is 2.14. The van der Waals surface area contributed by atoms with Gasteiger partial charge in [0.1, 0.15) is 6.20 Å². The van der Waals surface area contributed by atoms with Crippen LogP contribution in [0.25, 0.3) is 0 Å². The van der Waals surface area contributed by atoms with E-state index in [2.05, 4.69) is 10.3 Å². The Balaban J connectivity index is 0.00000200. The summed E-state index contributed by atoms with van der Waals surface area (Å²) in [5, 5.41) is 14.0. The molecule has 0 radical (unpaired) electrons. The Labute approximate surface area is 122 Å². The molecule has 1 unspecified atom stereocenters. The van der Waals surface area contributed by atoms with Crippen molar-refractivity contribution in [3.05, 3.63) is 33.6 Å². The fraction of sp³-hybridized carbons (Fsp3) is 0.500. The van der Waals surface area contributed by atoms with Crippen molar-refractivity contribution in [2.45, 2.75) is 19.9 Å². The molecule has 1 saturated heterocycles. The molecule has 0 saturated carbocycles. The number of aryl methyl sites for hydroxylation is 1. The summed E-state index contributed by atoms with van der Waals surface area (Å²) < 4.78 is 0. The third-order valence-electron chi connectivity index (χ3n) is 3.28. The molecule has 0 spiro atoms. The molecule has 20 heavy (non-hydrogen) atoms. The molecule has 1 aliphatic rings. The minimum atomic E-state index is -0.537. The third kappa shape index (κ3) is 3.23. The highest BCUT2D eigenvalue weighted by Crippen LogP contribution is 2.18. The van der Waals surface area contributed by atoms with Crippen molar-refractivity contribution in [3.63, 3.8) is 0 Å². The first kappa shape index (κ1) is 16.3. The summed E-state index contributed by atoms with van der Waals surface area (Å²) in [6.07, 6.45) is 1.17. The molecule has 1 aromatic heterocycles. The van der Waals surface area contributed by atoms with Gasteiger partial charge in [0.15, 0.2) is 0 Å². The number of hydrogen-bond donors (Lipinski definition) is 1. The van der Waals surface area contributed by atoms with Gasteiger partial charge < -0.3 is 10.2 Å². The van der Waals surface area contributed by atoms with E-state index < -0.39 is 4.92 Å². The zero-order valence-corrected chi connectivity index (χ0v) is 12.1. The summed E-state index contributed by atoms with van der Waals surface area (Å²) in [5.41, 5.74) is 0.668. The first-order valence-corrected chi connectivity index (χ1v) is 6.13. The summed E-state index contributed by atoms with van der Waals surface area (Å²) in [5.74, 6) is -0.192. The maximum Gasteiger partial charge on any atom is 0.288 e. The number of amides is 1. The highest BCUT2D eigenvalue weighted by atomic mass is 35.5. The van der Waals surface area contributed by atoms with Gasteiger partial charge in [0.25, 0.3) is 11.6 Å². The van der Waals surface area contributed by atoms with Gasteiger partial charge in [0.05, 0.1) is 16.2 Å². The van der Waals surface area contributed by atoms with Crippen LogP contribution in [0.2, 0.25) is 0 Å². The van der Waals surface area contributed by atoms with Crippen LogP contribution in [0, 0.1) is 17.0 Å². The molecule has 110 valence electrons. The number of nitro groups is 1. The molecule has 2 rings (SSSR count). The summed E-state index contributed by atoms with van der Waals surface area (Å²) in [6, 6.07) is 1.37. The van der Waals surface area contributed by atoms with Crippen LogP contribution in [0.3, 0.4) is 0 Å². The Morgan fingerprint density at radius 3 is 2.90 bits per heavy atom. The monoisotopic (exact) mass is 300 g/mol. The molecule has 1 amide bonds. The predicted octanol–water partition coefficient (Wildman–Crippen LogP) is 1.15. The Morgan fingerprint density at radius 2 is 2.30 bits per heavy atom. The van der Waals surface area contributed by atoms with E-state index in [1.165, 1.54) is 12.3 Å². The van der Waals surface area contributed by atoms with Gasteiger partial charge in [0, 0.05) is 31.7 Å². The largest absolute Gasteiger partial charge is 0.333 e. The van der Waals surface area contributed by atoms with Crippen LogP contribution in [-0.2, 0) is 0 Å². The van der Waals surface area contributed by atoms with Gasteiger partial charge >= 0.3 is 0 Å². The number of pyridine rings is 1. The van der Waals surface area contributed by atoms with Gasteiger partial charge in [0.2, 0.25) is 0 Å². The van der Waals surface area contributed by atoms with E-state index in [1.807, 2.05) is 6.92 Å². The number of rotatable bonds is 2. The van der Waals surface area contributed by atoms with Gasteiger partial charge in [-0.1, -0.05) is 0 Å². The zero-order valence-electron chi connectivity index (χ0n) is 11.3. The molecule has 7 nitrogen and oxygen atoms in total. The van der Waals surface area contributed by atoms with Crippen molar-refractivity contribution in [1.29, 1.82) is 0 Å². The van der Waals surface area contributed by atoms with Gasteiger partial charge in [-0.2, -0.15) is 0 Å². The van der Waals surface area contributed by atoms with E-state index in [0.717, 1.165) is 13.1 Å². The van der Waals surface area contributed by atoms with Crippen molar-refractivity contribution in [3.8, 4) is 0 Å². The van der Waals surface area contributed by atoms with Crippen LogP contribution in [-0.4, -0.2) is 46.4 Å². The molecule has 1 aromatic rings. The van der Waals surface area contributed by atoms with E-state index in [1.54, 1.807) is 11.8 Å². The second-order valence-electron chi connectivity index (χ2n) is 4.64. The lowest BCUT2D eigenvalue weighted by Crippen LogP contribution is -2.52. The fourth-order valence-electron chi connectivity index (χ4n) is 2.14. The Kier molecular flexibility index (Phi) is 5.41. The standard InChI is InChI=1S/C12H16N4O3.ClH/c1-8-6-13-3-4-15(8)12(17)11-5-10(16(18)19)7-14-9(11)2;/h5,7-8,13H,3-4,6H2,1-2H3;1H. The predicted molar refractivity (Wildman–Crippen MR) is 76.2 cm³/mol. The van der Waals surface area contributed by atoms with Crippen molar-refractivity contribution < 1.29 is 9.72 Å². The van der Waals surface area contributed by atoms with Crippen molar-refractivity contribution in [2.24, 2.45) is 0 Å². The molecule has 0 bridgehead atoms. The highest BCUT2D eigenvalue weighted by Gasteiger charge is 2.26. The number of halogens is 1. The van der Waals surface area contributed by atoms with Crippen LogP contribution in [0.15, 0.2) is 12.3 Å². The first-order valence-electron chi connectivity index (χ1n) is 6.13. The average Bonchev–Trinajstić information content (AvgIpc) is 2.38. The molecule has 1 N–H and O–H groups in total. The molecule has 0 aliphatic carbocycles. The summed E-state index contributed by atoms with van der Waals surface area (Å²) in [7, 11) is 0. The maximum atomic E-state index is 12.4. The smallest absolute Gasteiger partial charge is 0.288 e. The lowest BCUT2D eigenvalue weighted by atomic mass is 10.1. The quantitative estimate of drug-likeness (QED) is 0.654. The van der Waals surface area contributed by atoms with E-state index in [9.17, 15) is 14.9 Å². The van der Waals surface area contributed by atoms with Crippen LogP contribution < -0.4 is 5.32 Å². The molecular weight excluding hydrogens is 284 g/mol. The SMILES string of the molecule is Cc1ncc([N+](=O)[O-])cc1C(=O)N1CCNCC1C.Cl.